The summed E-state index contributed by atoms with van der Waals surface area (Å²) in [6.45, 7) is 0. The molecule has 1 amide bonds. The Balaban J connectivity index is 1.94. The molecule has 1 aromatic heterocycles. The van der Waals surface area contributed by atoms with Crippen LogP contribution < -0.4 is 5.32 Å². The van der Waals surface area contributed by atoms with Crippen molar-refractivity contribution in [3.63, 3.8) is 0 Å². The molecule has 1 aliphatic heterocycles. The van der Waals surface area contributed by atoms with Crippen LogP contribution in [0.2, 0.25) is 5.02 Å². The monoisotopic (exact) mass is 356 g/mol. The molecule has 8 heteroatoms. The molecular weight excluding hydrogens is 343 g/mol. The second-order valence-electron chi connectivity index (χ2n) is 5.46. The van der Waals surface area contributed by atoms with Crippen LogP contribution in [0, 0.1) is 5.82 Å². The maximum Gasteiger partial charge on any atom is 0.329 e. The molecule has 0 radical (unpaired) electrons. The number of H-pyrrole nitrogens is 1. The second-order valence-corrected chi connectivity index (χ2v) is 7.06. The first-order chi connectivity index (χ1) is 10.9. The van der Waals surface area contributed by atoms with Crippen molar-refractivity contribution in [3.05, 3.63) is 34.7 Å². The van der Waals surface area contributed by atoms with E-state index < -0.39 is 23.2 Å². The number of carbonyl (C=O) groups excluding carboxylic acids is 1. The number of benzene rings is 1. The van der Waals surface area contributed by atoms with E-state index in [1.54, 1.807) is 11.8 Å². The van der Waals surface area contributed by atoms with Crippen molar-refractivity contribution >= 4 is 46.1 Å². The lowest BCUT2D eigenvalue weighted by Crippen LogP contribution is -2.56. The molecule has 1 aliphatic rings. The highest BCUT2D eigenvalue weighted by atomic mass is 35.5. The number of carbonyl (C=O) groups is 2. The fourth-order valence-electron chi connectivity index (χ4n) is 2.68. The molecule has 2 aromatic rings. The maximum atomic E-state index is 13.3. The van der Waals surface area contributed by atoms with Crippen LogP contribution in [0.5, 0.6) is 0 Å². The number of hydrogen-bond acceptors (Lipinski definition) is 3. The van der Waals surface area contributed by atoms with E-state index in [2.05, 4.69) is 10.3 Å². The molecule has 1 fully saturated rings. The molecule has 0 bridgehead atoms. The summed E-state index contributed by atoms with van der Waals surface area (Å²) in [5.74, 6) is -0.779. The molecule has 1 aromatic carbocycles. The molecule has 23 heavy (non-hydrogen) atoms. The summed E-state index contributed by atoms with van der Waals surface area (Å²) >= 11 is 7.81. The number of carboxylic acids is 1. The molecule has 1 saturated heterocycles. The van der Waals surface area contributed by atoms with Crippen LogP contribution in [0.15, 0.2) is 18.2 Å². The number of rotatable bonds is 3. The Labute approximate surface area is 140 Å². The maximum absolute atomic E-state index is 13.3. The summed E-state index contributed by atoms with van der Waals surface area (Å²) in [7, 11) is 0. The van der Waals surface area contributed by atoms with E-state index in [1.807, 2.05) is 0 Å². The van der Waals surface area contributed by atoms with E-state index >= 15 is 0 Å². The predicted octanol–water partition coefficient (Wildman–Crippen LogP) is 3.04. The number of aliphatic carboxylic acids is 1. The highest BCUT2D eigenvalue weighted by Crippen LogP contribution is 2.31. The Hall–Kier alpha value is -1.73. The van der Waals surface area contributed by atoms with Gasteiger partial charge in [-0.1, -0.05) is 11.6 Å². The van der Waals surface area contributed by atoms with Crippen LogP contribution in [0.25, 0.3) is 10.9 Å². The first-order valence-corrected chi connectivity index (χ1v) is 8.56. The van der Waals surface area contributed by atoms with Gasteiger partial charge in [-0.3, -0.25) is 4.79 Å². The van der Waals surface area contributed by atoms with Crippen molar-refractivity contribution in [1.29, 1.82) is 0 Å². The van der Waals surface area contributed by atoms with Crippen molar-refractivity contribution in [2.75, 3.05) is 11.5 Å². The van der Waals surface area contributed by atoms with E-state index in [1.165, 1.54) is 18.2 Å². The normalized spacial score (nSPS) is 17.1. The average molecular weight is 357 g/mol. The summed E-state index contributed by atoms with van der Waals surface area (Å²) in [4.78, 5) is 27.0. The van der Waals surface area contributed by atoms with Crippen LogP contribution in [-0.2, 0) is 4.79 Å². The molecule has 0 unspecified atom stereocenters. The third-order valence-electron chi connectivity index (χ3n) is 4.03. The molecule has 122 valence electrons. The van der Waals surface area contributed by atoms with Crippen molar-refractivity contribution in [1.82, 2.24) is 10.3 Å². The number of aromatic amines is 1. The second kappa shape index (κ2) is 6.05. The number of thioether (sulfide) groups is 1. The number of fused-ring (bicyclic) bond motifs is 1. The number of amides is 1. The van der Waals surface area contributed by atoms with Crippen molar-refractivity contribution in [2.45, 2.75) is 18.4 Å². The summed E-state index contributed by atoms with van der Waals surface area (Å²) in [5.41, 5.74) is -0.718. The summed E-state index contributed by atoms with van der Waals surface area (Å²) in [6, 6.07) is 3.97. The largest absolute Gasteiger partial charge is 0.480 e. The quantitative estimate of drug-likeness (QED) is 0.789. The summed E-state index contributed by atoms with van der Waals surface area (Å²) < 4.78 is 13.3. The molecule has 2 heterocycles. The number of hydrogen-bond donors (Lipinski definition) is 3. The zero-order valence-corrected chi connectivity index (χ0v) is 13.6. The van der Waals surface area contributed by atoms with Gasteiger partial charge < -0.3 is 15.4 Å². The molecule has 0 atom stereocenters. The highest BCUT2D eigenvalue weighted by Gasteiger charge is 2.42. The van der Waals surface area contributed by atoms with Crippen molar-refractivity contribution in [2.24, 2.45) is 0 Å². The standard InChI is InChI=1S/C15H14ClFN2O3S/c16-11-9-7-8(17)1-2-10(9)18-12(11)13(20)19-15(14(21)22)3-5-23-6-4-15/h1-2,7,18H,3-6H2,(H,19,20)(H,21,22). The Morgan fingerprint density at radius 2 is 2.04 bits per heavy atom. The Bertz CT molecular complexity index is 786. The van der Waals surface area contributed by atoms with Gasteiger partial charge in [-0.15, -0.1) is 0 Å². The molecule has 0 aliphatic carbocycles. The zero-order valence-electron chi connectivity index (χ0n) is 12.0. The minimum Gasteiger partial charge on any atom is -0.480 e. The average Bonchev–Trinajstić information content (AvgIpc) is 2.85. The molecule has 0 spiro atoms. The van der Waals surface area contributed by atoms with E-state index in [-0.39, 0.29) is 10.7 Å². The fraction of sp³-hybridized carbons (Fsp3) is 0.333. The summed E-state index contributed by atoms with van der Waals surface area (Å²) in [5, 5.41) is 12.6. The van der Waals surface area contributed by atoms with Crippen molar-refractivity contribution in [3.8, 4) is 0 Å². The number of carboxylic acid groups (broad SMARTS) is 1. The Morgan fingerprint density at radius 3 is 2.70 bits per heavy atom. The van der Waals surface area contributed by atoms with Gasteiger partial charge in [0, 0.05) is 10.9 Å². The molecule has 0 saturated carbocycles. The lowest BCUT2D eigenvalue weighted by molar-refractivity contribution is -0.144. The highest BCUT2D eigenvalue weighted by molar-refractivity contribution is 7.99. The predicted molar refractivity (Wildman–Crippen MR) is 87.7 cm³/mol. The Morgan fingerprint density at radius 1 is 1.35 bits per heavy atom. The van der Waals surface area contributed by atoms with Crippen LogP contribution in [0.1, 0.15) is 23.3 Å². The topological polar surface area (TPSA) is 82.2 Å². The van der Waals surface area contributed by atoms with E-state index in [0.717, 1.165) is 0 Å². The number of aromatic nitrogens is 1. The SMILES string of the molecule is O=C(NC1(C(=O)O)CCSCC1)c1[nH]c2ccc(F)cc2c1Cl. The van der Waals surface area contributed by atoms with Gasteiger partial charge in [0.05, 0.1) is 5.02 Å². The smallest absolute Gasteiger partial charge is 0.329 e. The van der Waals surface area contributed by atoms with Crippen LogP contribution in [0.4, 0.5) is 4.39 Å². The Kier molecular flexibility index (Phi) is 4.25. The minimum absolute atomic E-state index is 0.0473. The van der Waals surface area contributed by atoms with Crippen LogP contribution >= 0.6 is 23.4 Å². The zero-order chi connectivity index (χ0) is 16.6. The van der Waals surface area contributed by atoms with Gasteiger partial charge in [0.1, 0.15) is 17.1 Å². The third kappa shape index (κ3) is 2.90. The first-order valence-electron chi connectivity index (χ1n) is 7.03. The van der Waals surface area contributed by atoms with Crippen molar-refractivity contribution < 1.29 is 19.1 Å². The molecule has 3 N–H and O–H groups in total. The fourth-order valence-corrected chi connectivity index (χ4v) is 4.16. The third-order valence-corrected chi connectivity index (χ3v) is 5.41. The van der Waals surface area contributed by atoms with Gasteiger partial charge in [0.25, 0.3) is 5.91 Å². The molecule has 5 nitrogen and oxygen atoms in total. The molecular formula is C15H14ClFN2O3S. The van der Waals surface area contributed by atoms with Gasteiger partial charge in [-0.05, 0) is 42.5 Å². The van der Waals surface area contributed by atoms with E-state index in [4.69, 9.17) is 11.6 Å². The van der Waals surface area contributed by atoms with Gasteiger partial charge in [-0.2, -0.15) is 11.8 Å². The van der Waals surface area contributed by atoms with Gasteiger partial charge in [0.15, 0.2) is 0 Å². The van der Waals surface area contributed by atoms with Gasteiger partial charge >= 0.3 is 5.97 Å². The summed E-state index contributed by atoms with van der Waals surface area (Å²) in [6.07, 6.45) is 0.705. The van der Waals surface area contributed by atoms with Gasteiger partial charge in [0.2, 0.25) is 0 Å². The van der Waals surface area contributed by atoms with Gasteiger partial charge in [-0.25, -0.2) is 9.18 Å². The molecule has 3 rings (SSSR count). The van der Waals surface area contributed by atoms with Crippen LogP contribution in [0.3, 0.4) is 0 Å². The lowest BCUT2D eigenvalue weighted by Gasteiger charge is -2.33. The number of nitrogens with one attached hydrogen (secondary N) is 2. The van der Waals surface area contributed by atoms with E-state index in [9.17, 15) is 19.1 Å². The van der Waals surface area contributed by atoms with Crippen LogP contribution in [-0.4, -0.2) is 39.0 Å². The van der Waals surface area contributed by atoms with E-state index in [0.29, 0.717) is 35.3 Å². The first kappa shape index (κ1) is 16.1. The minimum atomic E-state index is -1.28. The lowest BCUT2D eigenvalue weighted by atomic mass is 9.92. The number of halogens is 2.